The Hall–Kier alpha value is -8.26. The lowest BCUT2D eigenvalue weighted by Gasteiger charge is -2.29. The van der Waals surface area contributed by atoms with E-state index in [9.17, 15) is 0 Å². The molecular formula is C62H41N. The van der Waals surface area contributed by atoms with Crippen molar-refractivity contribution in [1.29, 1.82) is 0 Å². The molecule has 0 aliphatic heterocycles. The third-order valence-corrected chi connectivity index (χ3v) is 12.8. The van der Waals surface area contributed by atoms with Gasteiger partial charge in [0.2, 0.25) is 0 Å². The molecule has 0 saturated heterocycles. The fourth-order valence-electron chi connectivity index (χ4n) is 9.80. The summed E-state index contributed by atoms with van der Waals surface area (Å²) in [6, 6.07) is 91.1. The molecule has 1 heteroatoms. The summed E-state index contributed by atoms with van der Waals surface area (Å²) >= 11 is 0. The summed E-state index contributed by atoms with van der Waals surface area (Å²) < 4.78 is 0. The topological polar surface area (TPSA) is 3.24 Å². The zero-order chi connectivity index (χ0) is 41.7. The lowest BCUT2D eigenvalue weighted by atomic mass is 9.85. The highest BCUT2D eigenvalue weighted by Gasteiger charge is 2.22. The van der Waals surface area contributed by atoms with Gasteiger partial charge < -0.3 is 4.90 Å². The van der Waals surface area contributed by atoms with E-state index in [0.717, 1.165) is 17.1 Å². The summed E-state index contributed by atoms with van der Waals surface area (Å²) in [5.74, 6) is 0. The number of hydrogen-bond donors (Lipinski definition) is 0. The van der Waals surface area contributed by atoms with Crippen LogP contribution in [0.1, 0.15) is 0 Å². The van der Waals surface area contributed by atoms with E-state index in [1.807, 2.05) is 0 Å². The molecule has 294 valence electrons. The number of anilines is 3. The molecule has 0 spiro atoms. The van der Waals surface area contributed by atoms with Crippen molar-refractivity contribution >= 4 is 70.9 Å². The molecule has 0 aliphatic carbocycles. The van der Waals surface area contributed by atoms with Crippen LogP contribution in [0.25, 0.3) is 98.4 Å². The molecule has 0 unspecified atom stereocenters. The highest BCUT2D eigenvalue weighted by atomic mass is 15.1. The summed E-state index contributed by atoms with van der Waals surface area (Å²) in [6.07, 6.45) is 0. The van der Waals surface area contributed by atoms with Crippen LogP contribution in [0.3, 0.4) is 0 Å². The quantitative estimate of drug-likeness (QED) is 0.145. The predicted molar refractivity (Wildman–Crippen MR) is 270 cm³/mol. The molecule has 12 aromatic carbocycles. The maximum Gasteiger partial charge on any atom is 0.0546 e. The summed E-state index contributed by atoms with van der Waals surface area (Å²) in [4.78, 5) is 2.47. The van der Waals surface area contributed by atoms with E-state index in [4.69, 9.17) is 0 Å². The minimum Gasteiger partial charge on any atom is -0.310 e. The van der Waals surface area contributed by atoms with Crippen LogP contribution in [0.15, 0.2) is 249 Å². The van der Waals surface area contributed by atoms with Crippen molar-refractivity contribution in [2.75, 3.05) is 4.90 Å². The lowest BCUT2D eigenvalue weighted by molar-refractivity contribution is 1.31. The Kier molecular flexibility index (Phi) is 8.90. The van der Waals surface area contributed by atoms with Crippen LogP contribution in [0.4, 0.5) is 17.1 Å². The first kappa shape index (κ1) is 36.6. The zero-order valence-corrected chi connectivity index (χ0v) is 34.6. The maximum absolute atomic E-state index is 2.47. The van der Waals surface area contributed by atoms with Gasteiger partial charge in [-0.15, -0.1) is 0 Å². The van der Waals surface area contributed by atoms with Gasteiger partial charge in [-0.2, -0.15) is 0 Å². The van der Waals surface area contributed by atoms with E-state index in [1.54, 1.807) is 0 Å². The standard InChI is InChI=1S/C62H41N/c1-3-16-46(17-4-1)61-58-26-14-12-24-55(58)56-38-37-52(41-59(56)62(61)47-18-5-2-6-19-47)63(60-40-50-21-9-10-22-53(50)54-23-11-13-25-57(54)60)51-35-33-44(34-36-51)43-27-29-45(30-28-43)49-32-31-42-15-7-8-20-48(42)39-49/h1-41H. The minimum absolute atomic E-state index is 1.09. The third-order valence-electron chi connectivity index (χ3n) is 12.8. The number of benzene rings is 12. The Balaban J connectivity index is 1.06. The molecule has 12 aromatic rings. The van der Waals surface area contributed by atoms with Crippen molar-refractivity contribution in [1.82, 2.24) is 0 Å². The van der Waals surface area contributed by atoms with Gasteiger partial charge in [0.1, 0.15) is 0 Å². The molecule has 1 nitrogen and oxygen atoms in total. The summed E-state index contributed by atoms with van der Waals surface area (Å²) in [7, 11) is 0. The number of rotatable bonds is 7. The molecule has 0 heterocycles. The fourth-order valence-corrected chi connectivity index (χ4v) is 9.80. The second-order valence-corrected chi connectivity index (χ2v) is 16.4. The highest BCUT2D eigenvalue weighted by molar-refractivity contribution is 6.22. The monoisotopic (exact) mass is 799 g/mol. The second kappa shape index (κ2) is 15.3. The molecule has 0 aromatic heterocycles. The van der Waals surface area contributed by atoms with Gasteiger partial charge in [0.25, 0.3) is 0 Å². The molecular weight excluding hydrogens is 759 g/mol. The second-order valence-electron chi connectivity index (χ2n) is 16.4. The first-order valence-corrected chi connectivity index (χ1v) is 21.7. The van der Waals surface area contributed by atoms with Crippen LogP contribution in [-0.4, -0.2) is 0 Å². The maximum atomic E-state index is 2.47. The Bertz CT molecular complexity index is 3650. The summed E-state index contributed by atoms with van der Waals surface area (Å²) in [5, 5.41) is 12.4. The van der Waals surface area contributed by atoms with Crippen LogP contribution in [0, 0.1) is 0 Å². The van der Waals surface area contributed by atoms with Gasteiger partial charge in [-0.3, -0.25) is 0 Å². The van der Waals surface area contributed by atoms with Crippen molar-refractivity contribution in [3.05, 3.63) is 249 Å². The fraction of sp³-hybridized carbons (Fsp3) is 0. The normalized spacial score (nSPS) is 11.5. The summed E-state index contributed by atoms with van der Waals surface area (Å²) in [5.41, 5.74) is 13.0. The number of nitrogens with zero attached hydrogens (tertiary/aromatic N) is 1. The van der Waals surface area contributed by atoms with E-state index in [-0.39, 0.29) is 0 Å². The van der Waals surface area contributed by atoms with Crippen LogP contribution in [0.2, 0.25) is 0 Å². The largest absolute Gasteiger partial charge is 0.310 e. The van der Waals surface area contributed by atoms with E-state index in [1.165, 1.54) is 98.4 Å². The Morgan fingerprint density at radius 1 is 0.206 bits per heavy atom. The van der Waals surface area contributed by atoms with Gasteiger partial charge in [0, 0.05) is 16.8 Å². The molecule has 0 amide bonds. The molecule has 0 aliphatic rings. The minimum atomic E-state index is 1.09. The Morgan fingerprint density at radius 2 is 0.651 bits per heavy atom. The van der Waals surface area contributed by atoms with E-state index < -0.39 is 0 Å². The van der Waals surface area contributed by atoms with E-state index in [2.05, 4.69) is 254 Å². The molecule has 63 heavy (non-hydrogen) atoms. The van der Waals surface area contributed by atoms with Gasteiger partial charge in [0.15, 0.2) is 0 Å². The average Bonchev–Trinajstić information content (AvgIpc) is 3.36. The van der Waals surface area contributed by atoms with Crippen molar-refractivity contribution in [3.63, 3.8) is 0 Å². The number of fused-ring (bicyclic) bond motifs is 7. The molecule has 0 saturated carbocycles. The van der Waals surface area contributed by atoms with E-state index in [0.29, 0.717) is 0 Å². The molecule has 0 atom stereocenters. The third kappa shape index (κ3) is 6.42. The van der Waals surface area contributed by atoms with Gasteiger partial charge in [-0.05, 0) is 129 Å². The lowest BCUT2D eigenvalue weighted by Crippen LogP contribution is -2.11. The number of hydrogen-bond acceptors (Lipinski definition) is 1. The van der Waals surface area contributed by atoms with Crippen LogP contribution in [0.5, 0.6) is 0 Å². The Labute approximate surface area is 367 Å². The SMILES string of the molecule is c1ccc(-c2c(-c3ccccc3)c3cc(N(c4ccc(-c5ccc(-c6ccc7ccccc7c6)cc5)cc4)c4cc5ccccc5c5ccccc45)ccc3c3ccccc23)cc1. The van der Waals surface area contributed by atoms with Crippen molar-refractivity contribution in [2.24, 2.45) is 0 Å². The molecule has 0 fully saturated rings. The van der Waals surface area contributed by atoms with Gasteiger partial charge in [0.05, 0.1) is 5.69 Å². The van der Waals surface area contributed by atoms with Crippen LogP contribution < -0.4 is 4.90 Å². The highest BCUT2D eigenvalue weighted by Crippen LogP contribution is 2.48. The van der Waals surface area contributed by atoms with Gasteiger partial charge in [-0.25, -0.2) is 0 Å². The predicted octanol–water partition coefficient (Wildman–Crippen LogP) is 17.6. The molecule has 12 rings (SSSR count). The summed E-state index contributed by atoms with van der Waals surface area (Å²) in [6.45, 7) is 0. The van der Waals surface area contributed by atoms with Crippen molar-refractivity contribution in [2.45, 2.75) is 0 Å². The van der Waals surface area contributed by atoms with Crippen molar-refractivity contribution < 1.29 is 0 Å². The Morgan fingerprint density at radius 3 is 1.32 bits per heavy atom. The van der Waals surface area contributed by atoms with Crippen LogP contribution >= 0.6 is 0 Å². The first-order valence-electron chi connectivity index (χ1n) is 21.7. The molecule has 0 radical (unpaired) electrons. The van der Waals surface area contributed by atoms with Crippen LogP contribution in [-0.2, 0) is 0 Å². The molecule has 0 N–H and O–H groups in total. The van der Waals surface area contributed by atoms with Crippen molar-refractivity contribution in [3.8, 4) is 44.5 Å². The smallest absolute Gasteiger partial charge is 0.0546 e. The van der Waals surface area contributed by atoms with Gasteiger partial charge >= 0.3 is 0 Å². The van der Waals surface area contributed by atoms with E-state index >= 15 is 0 Å². The molecule has 0 bridgehead atoms. The zero-order valence-electron chi connectivity index (χ0n) is 34.6. The first-order chi connectivity index (χ1) is 31.2. The van der Waals surface area contributed by atoms with Gasteiger partial charge in [-0.1, -0.05) is 212 Å². The average molecular weight is 800 g/mol.